The molecular weight excluding hydrogens is 248 g/mol. The quantitative estimate of drug-likeness (QED) is 0.774. The van der Waals surface area contributed by atoms with Crippen molar-refractivity contribution in [1.82, 2.24) is 10.2 Å². The van der Waals surface area contributed by atoms with Gasteiger partial charge in [-0.2, -0.15) is 0 Å². The molecule has 0 fully saturated rings. The third-order valence-corrected chi connectivity index (χ3v) is 3.22. The van der Waals surface area contributed by atoms with Gasteiger partial charge in [-0.15, -0.1) is 5.10 Å². The number of hydrogen-bond acceptors (Lipinski definition) is 2. The Labute approximate surface area is 118 Å². The third kappa shape index (κ3) is 2.72. The van der Waals surface area contributed by atoms with E-state index in [-0.39, 0.29) is 0 Å². The van der Waals surface area contributed by atoms with Crippen LogP contribution in [0.15, 0.2) is 60.7 Å². The summed E-state index contributed by atoms with van der Waals surface area (Å²) >= 11 is 0. The molecule has 3 aromatic rings. The molecule has 0 saturated carbocycles. The van der Waals surface area contributed by atoms with Crippen LogP contribution in [-0.2, 0) is 6.61 Å². The summed E-state index contributed by atoms with van der Waals surface area (Å²) in [5.41, 5.74) is 4.47. The predicted molar refractivity (Wildman–Crippen MR) is 79.5 cm³/mol. The Hall–Kier alpha value is -2.55. The average Bonchev–Trinajstić information content (AvgIpc) is 2.95. The minimum absolute atomic E-state index is 0.527. The smallest absolute Gasteiger partial charge is 0.233 e. The molecule has 20 heavy (non-hydrogen) atoms. The normalized spacial score (nSPS) is 10.4. The molecule has 0 radical (unpaired) electrons. The molecule has 3 rings (SSSR count). The van der Waals surface area contributed by atoms with Crippen LogP contribution in [0.5, 0.6) is 5.88 Å². The molecule has 0 saturated heterocycles. The SMILES string of the molecule is Cc1ccccc1-c1cc(OCc2ccccc2)n[nH]1. The van der Waals surface area contributed by atoms with E-state index in [0.717, 1.165) is 16.8 Å². The first kappa shape index (κ1) is 12.5. The maximum absolute atomic E-state index is 5.69. The molecule has 3 heteroatoms. The van der Waals surface area contributed by atoms with Gasteiger partial charge in [0.05, 0.1) is 5.69 Å². The minimum atomic E-state index is 0.527. The number of benzene rings is 2. The summed E-state index contributed by atoms with van der Waals surface area (Å²) in [7, 11) is 0. The van der Waals surface area contributed by atoms with Crippen LogP contribution in [0, 0.1) is 6.92 Å². The summed E-state index contributed by atoms with van der Waals surface area (Å²) in [6.45, 7) is 2.61. The Morgan fingerprint density at radius 3 is 2.55 bits per heavy atom. The lowest BCUT2D eigenvalue weighted by atomic mass is 10.1. The molecule has 0 bridgehead atoms. The van der Waals surface area contributed by atoms with Crippen molar-refractivity contribution in [3.63, 3.8) is 0 Å². The van der Waals surface area contributed by atoms with Crippen LogP contribution in [-0.4, -0.2) is 10.2 Å². The second-order valence-corrected chi connectivity index (χ2v) is 4.71. The van der Waals surface area contributed by atoms with Crippen LogP contribution in [0.3, 0.4) is 0 Å². The van der Waals surface area contributed by atoms with E-state index < -0.39 is 0 Å². The standard InChI is InChI=1S/C17H16N2O/c1-13-7-5-6-10-15(13)16-11-17(19-18-16)20-12-14-8-3-2-4-9-14/h2-11H,12H2,1H3,(H,18,19). The molecule has 0 unspecified atom stereocenters. The van der Waals surface area contributed by atoms with Crippen molar-refractivity contribution in [3.8, 4) is 17.1 Å². The first-order chi connectivity index (χ1) is 9.83. The molecule has 1 N–H and O–H groups in total. The Morgan fingerprint density at radius 2 is 1.75 bits per heavy atom. The molecule has 0 amide bonds. The second kappa shape index (κ2) is 5.61. The van der Waals surface area contributed by atoms with E-state index in [0.29, 0.717) is 12.5 Å². The lowest BCUT2D eigenvalue weighted by molar-refractivity contribution is 0.293. The largest absolute Gasteiger partial charge is 0.472 e. The van der Waals surface area contributed by atoms with Gasteiger partial charge in [-0.05, 0) is 18.1 Å². The van der Waals surface area contributed by atoms with Gasteiger partial charge in [-0.25, -0.2) is 0 Å². The van der Waals surface area contributed by atoms with E-state index in [1.807, 2.05) is 48.5 Å². The summed E-state index contributed by atoms with van der Waals surface area (Å²) < 4.78 is 5.69. The van der Waals surface area contributed by atoms with Crippen LogP contribution < -0.4 is 4.74 Å². The number of nitrogens with zero attached hydrogens (tertiary/aromatic N) is 1. The molecule has 0 spiro atoms. The van der Waals surface area contributed by atoms with Crippen LogP contribution in [0.25, 0.3) is 11.3 Å². The molecule has 0 aliphatic carbocycles. The van der Waals surface area contributed by atoms with Crippen LogP contribution >= 0.6 is 0 Å². The summed E-state index contributed by atoms with van der Waals surface area (Å²) in [6, 6.07) is 20.2. The Balaban J connectivity index is 1.73. The van der Waals surface area contributed by atoms with Gasteiger partial charge >= 0.3 is 0 Å². The summed E-state index contributed by atoms with van der Waals surface area (Å²) in [5, 5.41) is 7.23. The number of aryl methyl sites for hydroxylation is 1. The van der Waals surface area contributed by atoms with Gasteiger partial charge in [-0.3, -0.25) is 5.10 Å². The highest BCUT2D eigenvalue weighted by molar-refractivity contribution is 5.63. The summed E-state index contributed by atoms with van der Waals surface area (Å²) in [4.78, 5) is 0. The third-order valence-electron chi connectivity index (χ3n) is 3.22. The van der Waals surface area contributed by atoms with Gasteiger partial charge in [0.2, 0.25) is 5.88 Å². The Kier molecular flexibility index (Phi) is 3.50. The fourth-order valence-corrected chi connectivity index (χ4v) is 2.12. The van der Waals surface area contributed by atoms with Gasteiger partial charge in [0, 0.05) is 11.6 Å². The van der Waals surface area contributed by atoms with Gasteiger partial charge < -0.3 is 4.74 Å². The van der Waals surface area contributed by atoms with Gasteiger partial charge in [0.25, 0.3) is 0 Å². The van der Waals surface area contributed by atoms with E-state index in [1.54, 1.807) is 0 Å². The van der Waals surface area contributed by atoms with E-state index in [2.05, 4.69) is 29.3 Å². The van der Waals surface area contributed by atoms with Crippen molar-refractivity contribution in [3.05, 3.63) is 71.8 Å². The molecule has 0 aliphatic rings. The number of ether oxygens (including phenoxy) is 1. The fourth-order valence-electron chi connectivity index (χ4n) is 2.12. The first-order valence-corrected chi connectivity index (χ1v) is 6.61. The van der Waals surface area contributed by atoms with Crippen molar-refractivity contribution in [1.29, 1.82) is 0 Å². The molecule has 100 valence electrons. The van der Waals surface area contributed by atoms with Gasteiger partial charge in [-0.1, -0.05) is 54.6 Å². The van der Waals surface area contributed by atoms with Gasteiger partial charge in [0.1, 0.15) is 6.61 Å². The number of rotatable bonds is 4. The van der Waals surface area contributed by atoms with Crippen molar-refractivity contribution < 1.29 is 4.74 Å². The lowest BCUT2D eigenvalue weighted by Gasteiger charge is -2.02. The zero-order chi connectivity index (χ0) is 13.8. The number of hydrogen-bond donors (Lipinski definition) is 1. The highest BCUT2D eigenvalue weighted by Gasteiger charge is 2.06. The van der Waals surface area contributed by atoms with Crippen molar-refractivity contribution >= 4 is 0 Å². The van der Waals surface area contributed by atoms with E-state index >= 15 is 0 Å². The molecule has 2 aromatic carbocycles. The second-order valence-electron chi connectivity index (χ2n) is 4.71. The molecule has 1 heterocycles. The van der Waals surface area contributed by atoms with Crippen molar-refractivity contribution in [2.24, 2.45) is 0 Å². The Bertz CT molecular complexity index is 689. The molecule has 0 aliphatic heterocycles. The monoisotopic (exact) mass is 264 g/mol. The first-order valence-electron chi connectivity index (χ1n) is 6.61. The molecule has 0 atom stereocenters. The Morgan fingerprint density at radius 1 is 1.00 bits per heavy atom. The van der Waals surface area contributed by atoms with E-state index in [9.17, 15) is 0 Å². The van der Waals surface area contributed by atoms with E-state index in [1.165, 1.54) is 5.56 Å². The van der Waals surface area contributed by atoms with Crippen LogP contribution in [0.4, 0.5) is 0 Å². The molecule has 1 aromatic heterocycles. The van der Waals surface area contributed by atoms with E-state index in [4.69, 9.17) is 4.74 Å². The van der Waals surface area contributed by atoms with Gasteiger partial charge in [0.15, 0.2) is 0 Å². The number of nitrogens with one attached hydrogen (secondary N) is 1. The highest BCUT2D eigenvalue weighted by atomic mass is 16.5. The zero-order valence-electron chi connectivity index (χ0n) is 11.3. The van der Waals surface area contributed by atoms with Crippen LogP contribution in [0.1, 0.15) is 11.1 Å². The molecular formula is C17H16N2O. The zero-order valence-corrected chi connectivity index (χ0v) is 11.3. The highest BCUT2D eigenvalue weighted by Crippen LogP contribution is 2.24. The van der Waals surface area contributed by atoms with Crippen molar-refractivity contribution in [2.75, 3.05) is 0 Å². The number of aromatic amines is 1. The summed E-state index contributed by atoms with van der Waals surface area (Å²) in [6.07, 6.45) is 0. The lowest BCUT2D eigenvalue weighted by Crippen LogP contribution is -1.94. The average molecular weight is 264 g/mol. The maximum Gasteiger partial charge on any atom is 0.233 e. The predicted octanol–water partition coefficient (Wildman–Crippen LogP) is 3.96. The summed E-state index contributed by atoms with van der Waals surface area (Å²) in [5.74, 6) is 0.618. The fraction of sp³-hybridized carbons (Fsp3) is 0.118. The minimum Gasteiger partial charge on any atom is -0.472 e. The number of H-pyrrole nitrogens is 1. The number of aromatic nitrogens is 2. The topological polar surface area (TPSA) is 37.9 Å². The maximum atomic E-state index is 5.69. The molecule has 3 nitrogen and oxygen atoms in total. The van der Waals surface area contributed by atoms with Crippen LogP contribution in [0.2, 0.25) is 0 Å². The van der Waals surface area contributed by atoms with Crippen molar-refractivity contribution in [2.45, 2.75) is 13.5 Å².